The zero-order valence-corrected chi connectivity index (χ0v) is 18.7. The molecule has 0 N–H and O–H groups in total. The van der Waals surface area contributed by atoms with Gasteiger partial charge in [0, 0.05) is 32.1 Å². The highest BCUT2D eigenvalue weighted by Crippen LogP contribution is 2.38. The van der Waals surface area contributed by atoms with E-state index in [2.05, 4.69) is 4.90 Å². The van der Waals surface area contributed by atoms with Gasteiger partial charge in [-0.1, -0.05) is 24.3 Å². The molecule has 7 heteroatoms. The number of carbonyl (C=O) groups excluding carboxylic acids is 2. The number of aromatic nitrogens is 2. The molecule has 2 bridgehead atoms. The van der Waals surface area contributed by atoms with Gasteiger partial charge in [-0.25, -0.2) is 4.68 Å². The summed E-state index contributed by atoms with van der Waals surface area (Å²) < 4.78 is 1.79. The Labute approximate surface area is 191 Å². The topological polar surface area (TPSA) is 58.4 Å². The number of likely N-dealkylation sites (tertiary alicyclic amines) is 1. The van der Waals surface area contributed by atoms with E-state index in [-0.39, 0.29) is 5.91 Å². The van der Waals surface area contributed by atoms with Gasteiger partial charge in [0.05, 0.1) is 10.6 Å². The van der Waals surface area contributed by atoms with Crippen LogP contribution in [0.3, 0.4) is 0 Å². The van der Waals surface area contributed by atoms with Crippen LogP contribution in [-0.4, -0.2) is 57.1 Å². The Kier molecular flexibility index (Phi) is 4.86. The van der Waals surface area contributed by atoms with Crippen molar-refractivity contribution in [2.75, 3.05) is 19.6 Å². The highest BCUT2D eigenvalue weighted by Gasteiger charge is 2.45. The molecule has 3 atom stereocenters. The molecule has 1 unspecified atom stereocenters. The van der Waals surface area contributed by atoms with Gasteiger partial charge in [-0.3, -0.25) is 9.59 Å². The van der Waals surface area contributed by atoms with Crippen molar-refractivity contribution in [1.29, 1.82) is 0 Å². The van der Waals surface area contributed by atoms with Crippen molar-refractivity contribution in [3.8, 4) is 16.3 Å². The molecule has 164 valence electrons. The van der Waals surface area contributed by atoms with Crippen molar-refractivity contribution in [3.63, 3.8) is 0 Å². The Balaban J connectivity index is 1.33. The van der Waals surface area contributed by atoms with Crippen LogP contribution in [-0.2, 0) is 4.79 Å². The average Bonchev–Trinajstić information content (AvgIpc) is 3.50. The quantitative estimate of drug-likeness (QED) is 0.609. The summed E-state index contributed by atoms with van der Waals surface area (Å²) in [7, 11) is 0. The molecule has 6 nitrogen and oxygen atoms in total. The molecule has 0 radical (unpaired) electrons. The Morgan fingerprint density at radius 3 is 2.75 bits per heavy atom. The first-order valence-electron chi connectivity index (χ1n) is 11.5. The number of hydrogen-bond donors (Lipinski definition) is 0. The van der Waals surface area contributed by atoms with Crippen LogP contribution < -0.4 is 0 Å². The van der Waals surface area contributed by atoms with E-state index in [9.17, 15) is 9.59 Å². The van der Waals surface area contributed by atoms with Crippen molar-refractivity contribution >= 4 is 23.2 Å². The lowest BCUT2D eigenvalue weighted by atomic mass is 9.76. The summed E-state index contributed by atoms with van der Waals surface area (Å²) >= 11 is 1.63. The number of para-hydroxylation sites is 1. The zero-order valence-electron chi connectivity index (χ0n) is 17.9. The van der Waals surface area contributed by atoms with Crippen molar-refractivity contribution in [1.82, 2.24) is 19.6 Å². The second-order valence-corrected chi connectivity index (χ2v) is 10.2. The van der Waals surface area contributed by atoms with Crippen LogP contribution in [0.5, 0.6) is 0 Å². The molecule has 0 aliphatic carbocycles. The smallest absolute Gasteiger partial charge is 0.272 e. The fourth-order valence-corrected chi connectivity index (χ4v) is 6.46. The predicted molar refractivity (Wildman–Crippen MR) is 124 cm³/mol. The first kappa shape index (κ1) is 19.7. The van der Waals surface area contributed by atoms with Crippen molar-refractivity contribution in [2.24, 2.45) is 11.8 Å². The van der Waals surface area contributed by atoms with E-state index in [1.54, 1.807) is 16.0 Å². The van der Waals surface area contributed by atoms with Crippen LogP contribution in [0.25, 0.3) is 16.3 Å². The molecule has 2 aromatic heterocycles. The number of fused-ring (bicyclic) bond motifs is 4. The summed E-state index contributed by atoms with van der Waals surface area (Å²) in [6, 6.07) is 16.1. The predicted octanol–water partition coefficient (Wildman–Crippen LogP) is 4.07. The van der Waals surface area contributed by atoms with Crippen LogP contribution in [0.2, 0.25) is 0 Å². The number of piperidine rings is 3. The third-order valence-electron chi connectivity index (χ3n) is 7.17. The number of thiophene rings is 1. The van der Waals surface area contributed by atoms with Crippen LogP contribution in [0, 0.1) is 11.8 Å². The van der Waals surface area contributed by atoms with Crippen molar-refractivity contribution < 1.29 is 9.59 Å². The monoisotopic (exact) mass is 446 g/mol. The molecule has 0 saturated carbocycles. The fourth-order valence-electron chi connectivity index (χ4n) is 5.78. The van der Waals surface area contributed by atoms with E-state index >= 15 is 0 Å². The lowest BCUT2D eigenvalue weighted by Gasteiger charge is -2.52. The van der Waals surface area contributed by atoms with Crippen LogP contribution >= 0.6 is 11.3 Å². The Hall–Kier alpha value is -2.93. The summed E-state index contributed by atoms with van der Waals surface area (Å²) in [4.78, 5) is 31.5. The van der Waals surface area contributed by atoms with Gasteiger partial charge in [0.2, 0.25) is 5.91 Å². The SMILES string of the molecule is O=C(c1cc(-c2cccs2)nn1-c1ccccc1)N1C[C@@H]2C[C@H](C1)C1CCCC(=O)N1C2. The third kappa shape index (κ3) is 3.35. The van der Waals surface area contributed by atoms with Crippen LogP contribution in [0.4, 0.5) is 0 Å². The molecular weight excluding hydrogens is 420 g/mol. The molecule has 3 aliphatic rings. The minimum atomic E-state index is 0.0365. The highest BCUT2D eigenvalue weighted by atomic mass is 32.1. The zero-order chi connectivity index (χ0) is 21.7. The maximum atomic E-state index is 13.8. The lowest BCUT2D eigenvalue weighted by Crippen LogP contribution is -2.61. The molecule has 1 aromatic carbocycles. The lowest BCUT2D eigenvalue weighted by molar-refractivity contribution is -0.144. The highest BCUT2D eigenvalue weighted by molar-refractivity contribution is 7.13. The summed E-state index contributed by atoms with van der Waals surface area (Å²) in [5.74, 6) is 1.08. The number of nitrogens with zero attached hydrogens (tertiary/aromatic N) is 4. The molecule has 3 aromatic rings. The van der Waals surface area contributed by atoms with E-state index < -0.39 is 0 Å². The molecule has 32 heavy (non-hydrogen) atoms. The number of carbonyl (C=O) groups is 2. The first-order valence-corrected chi connectivity index (χ1v) is 12.3. The normalized spacial score (nSPS) is 25.0. The number of amides is 2. The van der Waals surface area contributed by atoms with Gasteiger partial charge in [0.1, 0.15) is 11.4 Å². The van der Waals surface area contributed by atoms with Gasteiger partial charge >= 0.3 is 0 Å². The third-order valence-corrected chi connectivity index (χ3v) is 8.06. The summed E-state index contributed by atoms with van der Waals surface area (Å²) in [5, 5.41) is 6.84. The maximum Gasteiger partial charge on any atom is 0.272 e. The Morgan fingerprint density at radius 1 is 1.06 bits per heavy atom. The standard InChI is InChI=1S/C25H26N4O2S/c30-24-10-4-8-21-18-12-17(15-28(21)24)14-27(16-18)25(31)22-13-20(23-9-5-11-32-23)26-29(22)19-6-2-1-3-7-19/h1-3,5-7,9,11,13,17-18,21H,4,8,10,12,14-16H2/t17-,18+,21?/m0/s1. The summed E-state index contributed by atoms with van der Waals surface area (Å²) in [5.41, 5.74) is 2.32. The van der Waals surface area contributed by atoms with E-state index in [1.807, 2.05) is 58.8 Å². The average molecular weight is 447 g/mol. The molecule has 6 rings (SSSR count). The van der Waals surface area contributed by atoms with Gasteiger partial charge < -0.3 is 9.80 Å². The van der Waals surface area contributed by atoms with E-state index in [1.165, 1.54) is 0 Å². The molecule has 5 heterocycles. The molecule has 3 saturated heterocycles. The largest absolute Gasteiger partial charge is 0.339 e. The van der Waals surface area contributed by atoms with E-state index in [0.717, 1.165) is 48.6 Å². The van der Waals surface area contributed by atoms with Crippen LogP contribution in [0.1, 0.15) is 36.2 Å². The van der Waals surface area contributed by atoms with Gasteiger partial charge in [-0.15, -0.1) is 11.3 Å². The molecule has 3 aliphatic heterocycles. The second kappa shape index (κ2) is 7.89. The van der Waals surface area contributed by atoms with Crippen molar-refractivity contribution in [3.05, 3.63) is 59.6 Å². The first-order chi connectivity index (χ1) is 15.7. The Bertz CT molecular complexity index is 1140. The maximum absolute atomic E-state index is 13.8. The Morgan fingerprint density at radius 2 is 1.94 bits per heavy atom. The summed E-state index contributed by atoms with van der Waals surface area (Å²) in [6.07, 6.45) is 3.84. The van der Waals surface area contributed by atoms with Gasteiger partial charge in [-0.2, -0.15) is 5.10 Å². The number of rotatable bonds is 3. The van der Waals surface area contributed by atoms with Gasteiger partial charge in [0.25, 0.3) is 5.91 Å². The van der Waals surface area contributed by atoms with Gasteiger partial charge in [-0.05, 0) is 60.7 Å². The molecular formula is C25H26N4O2S. The number of hydrogen-bond acceptors (Lipinski definition) is 4. The molecule has 2 amide bonds. The van der Waals surface area contributed by atoms with E-state index in [4.69, 9.17) is 5.10 Å². The number of benzene rings is 1. The minimum Gasteiger partial charge on any atom is -0.339 e. The van der Waals surface area contributed by atoms with Crippen molar-refractivity contribution in [2.45, 2.75) is 31.7 Å². The fraction of sp³-hybridized carbons (Fsp3) is 0.400. The van der Waals surface area contributed by atoms with Gasteiger partial charge in [0.15, 0.2) is 0 Å². The second-order valence-electron chi connectivity index (χ2n) is 9.22. The molecule has 0 spiro atoms. The minimum absolute atomic E-state index is 0.0365. The molecule has 3 fully saturated rings. The van der Waals surface area contributed by atoms with E-state index in [0.29, 0.717) is 42.4 Å². The van der Waals surface area contributed by atoms with Crippen LogP contribution in [0.15, 0.2) is 53.9 Å². The summed E-state index contributed by atoms with van der Waals surface area (Å²) in [6.45, 7) is 2.22.